The van der Waals surface area contributed by atoms with Gasteiger partial charge in [0.15, 0.2) is 0 Å². The van der Waals surface area contributed by atoms with E-state index in [1.807, 2.05) is 0 Å². The van der Waals surface area contributed by atoms with Gasteiger partial charge >= 0.3 is 0 Å². The van der Waals surface area contributed by atoms with Crippen LogP contribution in [0.5, 0.6) is 0 Å². The number of ether oxygens (including phenoxy) is 2. The van der Waals surface area contributed by atoms with E-state index in [-0.39, 0.29) is 11.7 Å². The monoisotopic (exact) mass is 416 g/mol. The third kappa shape index (κ3) is 2.67. The Morgan fingerprint density at radius 3 is 2.43 bits per heavy atom. The Balaban J connectivity index is 1.25. The summed E-state index contributed by atoms with van der Waals surface area (Å²) < 4.78 is 13.0. The van der Waals surface area contributed by atoms with Crippen LogP contribution in [0.4, 0.5) is 0 Å². The first-order valence-electron chi connectivity index (χ1n) is 13.2. The molecule has 3 nitrogen and oxygen atoms in total. The normalized spacial score (nSPS) is 62.5. The van der Waals surface area contributed by atoms with Crippen molar-refractivity contribution in [1.82, 2.24) is 0 Å². The first-order chi connectivity index (χ1) is 14.2. The zero-order valence-electron chi connectivity index (χ0n) is 19.7. The van der Waals surface area contributed by atoms with Gasteiger partial charge in [0, 0.05) is 12.3 Å². The Bertz CT molecular complexity index is 694. The molecule has 0 spiro atoms. The molecule has 1 N–H and O–H groups in total. The van der Waals surface area contributed by atoms with Crippen LogP contribution in [0, 0.1) is 46.3 Å². The maximum atomic E-state index is 10.3. The number of hydrogen-bond donors (Lipinski definition) is 1. The van der Waals surface area contributed by atoms with Crippen molar-refractivity contribution >= 4 is 0 Å². The third-order valence-corrected chi connectivity index (χ3v) is 11.9. The van der Waals surface area contributed by atoms with Crippen molar-refractivity contribution in [2.24, 2.45) is 46.3 Å². The van der Waals surface area contributed by atoms with Gasteiger partial charge in [0.05, 0.1) is 30.5 Å². The van der Waals surface area contributed by atoms with Crippen molar-refractivity contribution in [1.29, 1.82) is 0 Å². The van der Waals surface area contributed by atoms with Crippen molar-refractivity contribution in [3.8, 4) is 0 Å². The highest BCUT2D eigenvalue weighted by Gasteiger charge is 2.65. The second kappa shape index (κ2) is 6.70. The van der Waals surface area contributed by atoms with Crippen LogP contribution in [0.3, 0.4) is 0 Å². The first-order valence-corrected chi connectivity index (χ1v) is 13.2. The molecule has 3 heteroatoms. The van der Waals surface area contributed by atoms with E-state index in [1.54, 1.807) is 0 Å². The van der Waals surface area contributed by atoms with Crippen LogP contribution in [-0.2, 0) is 9.47 Å². The van der Waals surface area contributed by atoms with Gasteiger partial charge in [-0.3, -0.25) is 0 Å². The van der Waals surface area contributed by atoms with Gasteiger partial charge < -0.3 is 14.6 Å². The van der Waals surface area contributed by atoms with Gasteiger partial charge in [-0.2, -0.15) is 0 Å². The molecule has 170 valence electrons. The summed E-state index contributed by atoms with van der Waals surface area (Å²) in [4.78, 5) is 0. The third-order valence-electron chi connectivity index (χ3n) is 11.9. The summed E-state index contributed by atoms with van der Waals surface area (Å²) in [6, 6.07) is 0. The lowest BCUT2D eigenvalue weighted by molar-refractivity contribution is -0.154. The highest BCUT2D eigenvalue weighted by atomic mass is 16.6. The van der Waals surface area contributed by atoms with Crippen LogP contribution in [0.25, 0.3) is 0 Å². The molecular formula is C27H44O3. The fourth-order valence-corrected chi connectivity index (χ4v) is 10.4. The number of rotatable bonds is 1. The molecule has 2 saturated heterocycles. The molecule has 6 aliphatic rings. The summed E-state index contributed by atoms with van der Waals surface area (Å²) in [6.45, 7) is 10.9. The summed E-state index contributed by atoms with van der Waals surface area (Å²) in [5.41, 5.74) is 0.932. The minimum absolute atomic E-state index is 0.0103. The highest BCUT2D eigenvalue weighted by Crippen LogP contribution is 2.69. The summed E-state index contributed by atoms with van der Waals surface area (Å²) >= 11 is 0. The van der Waals surface area contributed by atoms with E-state index >= 15 is 0 Å². The molecule has 12 unspecified atom stereocenters. The summed E-state index contributed by atoms with van der Waals surface area (Å²) in [6.07, 6.45) is 13.4. The van der Waals surface area contributed by atoms with Crippen LogP contribution in [0.15, 0.2) is 0 Å². The topological polar surface area (TPSA) is 38.7 Å². The quantitative estimate of drug-likeness (QED) is 0.606. The lowest BCUT2D eigenvalue weighted by Crippen LogP contribution is -2.55. The summed E-state index contributed by atoms with van der Waals surface area (Å²) in [7, 11) is 0. The molecule has 30 heavy (non-hydrogen) atoms. The van der Waals surface area contributed by atoms with Crippen LogP contribution in [-0.4, -0.2) is 35.6 Å². The van der Waals surface area contributed by atoms with Crippen LogP contribution < -0.4 is 0 Å². The van der Waals surface area contributed by atoms with E-state index < -0.39 is 0 Å². The van der Waals surface area contributed by atoms with E-state index in [0.29, 0.717) is 34.9 Å². The van der Waals surface area contributed by atoms with Crippen molar-refractivity contribution in [3.05, 3.63) is 0 Å². The van der Waals surface area contributed by atoms with E-state index in [0.717, 1.165) is 49.5 Å². The lowest BCUT2D eigenvalue weighted by atomic mass is 9.44. The van der Waals surface area contributed by atoms with Gasteiger partial charge in [-0.15, -0.1) is 0 Å². The second-order valence-corrected chi connectivity index (χ2v) is 13.2. The smallest absolute Gasteiger partial charge is 0.0892 e. The Morgan fingerprint density at radius 1 is 0.867 bits per heavy atom. The second-order valence-electron chi connectivity index (χ2n) is 13.2. The first kappa shape index (κ1) is 20.5. The molecule has 0 amide bonds. The van der Waals surface area contributed by atoms with E-state index in [2.05, 4.69) is 27.7 Å². The van der Waals surface area contributed by atoms with Gasteiger partial charge in [-0.25, -0.2) is 0 Å². The Hall–Kier alpha value is -0.120. The van der Waals surface area contributed by atoms with Gasteiger partial charge in [0.2, 0.25) is 0 Å². The van der Waals surface area contributed by atoms with Crippen LogP contribution >= 0.6 is 0 Å². The Labute approximate surface area is 183 Å². The van der Waals surface area contributed by atoms with Crippen molar-refractivity contribution < 1.29 is 14.6 Å². The van der Waals surface area contributed by atoms with Crippen molar-refractivity contribution in [3.63, 3.8) is 0 Å². The van der Waals surface area contributed by atoms with Gasteiger partial charge in [0.1, 0.15) is 0 Å². The number of hydrogen-bond acceptors (Lipinski definition) is 3. The molecule has 6 rings (SSSR count). The molecule has 0 aromatic carbocycles. The van der Waals surface area contributed by atoms with Crippen LogP contribution in [0.1, 0.15) is 91.9 Å². The summed E-state index contributed by atoms with van der Waals surface area (Å²) in [5, 5.41) is 10.3. The minimum Gasteiger partial charge on any atom is -0.393 e. The number of aliphatic hydroxyl groups excluding tert-OH is 1. The van der Waals surface area contributed by atoms with Gasteiger partial charge in [-0.05, 0) is 105 Å². The molecule has 6 fully saturated rings. The lowest BCUT2D eigenvalue weighted by Gasteiger charge is -2.61. The average molecular weight is 417 g/mol. The molecule has 0 radical (unpaired) electrons. The number of aliphatic hydroxyl groups is 1. The van der Waals surface area contributed by atoms with Gasteiger partial charge in [0.25, 0.3) is 0 Å². The number of fused-ring (bicyclic) bond motifs is 6. The van der Waals surface area contributed by atoms with E-state index in [9.17, 15) is 5.11 Å². The van der Waals surface area contributed by atoms with E-state index in [1.165, 1.54) is 44.9 Å². The molecule has 12 atom stereocenters. The SMILES string of the molecule is CC1COC2CC(C)(C3CCC4C5CCC6CC(O)CCC6(C)C5CCC43C)OC12. The predicted molar refractivity (Wildman–Crippen MR) is 118 cm³/mol. The maximum absolute atomic E-state index is 10.3. The Morgan fingerprint density at radius 2 is 1.63 bits per heavy atom. The molecule has 4 saturated carbocycles. The zero-order chi connectivity index (χ0) is 20.9. The molecule has 4 aliphatic carbocycles. The van der Waals surface area contributed by atoms with Crippen molar-refractivity contribution in [2.75, 3.05) is 6.61 Å². The van der Waals surface area contributed by atoms with Crippen LogP contribution in [0.2, 0.25) is 0 Å². The molecule has 0 bridgehead atoms. The molecule has 0 aromatic heterocycles. The standard InChI is InChI=1S/C27H44O3/c1-16-15-29-22-14-27(4,30-24(16)22)23-8-7-20-19-6-5-17-13-18(28)9-11-25(17,2)21(19)10-12-26(20,23)3/h16-24,28H,5-15H2,1-4H3. The maximum Gasteiger partial charge on any atom is 0.0892 e. The predicted octanol–water partition coefficient (Wildman–Crippen LogP) is 5.59. The van der Waals surface area contributed by atoms with Crippen molar-refractivity contribution in [2.45, 2.75) is 116 Å². The highest BCUT2D eigenvalue weighted by molar-refractivity contribution is 5.14. The zero-order valence-corrected chi connectivity index (χ0v) is 19.7. The van der Waals surface area contributed by atoms with E-state index in [4.69, 9.17) is 9.47 Å². The molecule has 2 heterocycles. The molecule has 0 aromatic rings. The molecular weight excluding hydrogens is 372 g/mol. The fraction of sp³-hybridized carbons (Fsp3) is 1.00. The van der Waals surface area contributed by atoms with Gasteiger partial charge in [-0.1, -0.05) is 20.8 Å². The minimum atomic E-state index is -0.0344. The fourth-order valence-electron chi connectivity index (χ4n) is 10.4. The average Bonchev–Trinajstić information content (AvgIpc) is 3.34. The largest absolute Gasteiger partial charge is 0.393 e. The summed E-state index contributed by atoms with van der Waals surface area (Å²) in [5.74, 6) is 4.68. The Kier molecular flexibility index (Phi) is 4.58. The molecule has 2 aliphatic heterocycles.